The van der Waals surface area contributed by atoms with Crippen molar-refractivity contribution in [2.24, 2.45) is 15.4 Å². The van der Waals surface area contributed by atoms with Gasteiger partial charge in [0, 0.05) is 11.4 Å². The second-order valence-corrected chi connectivity index (χ2v) is 9.90. The minimum Gasteiger partial charge on any atom is -0.271 e. The topological polar surface area (TPSA) is 98.0 Å². The van der Waals surface area contributed by atoms with Crippen LogP contribution in [0.4, 0.5) is 5.69 Å². The Morgan fingerprint density at radius 1 is 0.947 bits per heavy atom. The Morgan fingerprint density at radius 2 is 1.66 bits per heavy atom. The molecule has 0 aromatic heterocycles. The second kappa shape index (κ2) is 9.50. The van der Waals surface area contributed by atoms with Gasteiger partial charge in [-0.1, -0.05) is 77.0 Å². The highest BCUT2D eigenvalue weighted by atomic mass is 35.5. The van der Waals surface area contributed by atoms with E-state index < -0.39 is 23.9 Å². The largest absolute Gasteiger partial charge is 0.271 e. The first-order chi connectivity index (χ1) is 18.4. The first-order valence-electron chi connectivity index (χ1n) is 12.2. The lowest BCUT2D eigenvalue weighted by Crippen LogP contribution is -2.44. The van der Waals surface area contributed by atoms with Crippen molar-refractivity contribution >= 4 is 40.7 Å². The summed E-state index contributed by atoms with van der Waals surface area (Å²) in [5.74, 6) is -1.25. The number of fused-ring (bicyclic) bond motifs is 1. The molecule has 1 fully saturated rings. The molecule has 0 saturated carbocycles. The maximum absolute atomic E-state index is 13.6. The van der Waals surface area contributed by atoms with Gasteiger partial charge in [-0.3, -0.25) is 19.4 Å². The van der Waals surface area contributed by atoms with E-state index in [1.54, 1.807) is 24.3 Å². The zero-order chi connectivity index (χ0) is 26.4. The number of aryl methyl sites for hydroxylation is 1. The number of imide groups is 1. The lowest BCUT2D eigenvalue weighted by atomic mass is 9.98. The quantitative estimate of drug-likeness (QED) is 0.462. The molecule has 0 aliphatic carbocycles. The van der Waals surface area contributed by atoms with Gasteiger partial charge in [-0.25, -0.2) is 9.91 Å². The predicted octanol–water partition coefficient (Wildman–Crippen LogP) is 4.32. The Labute approximate surface area is 224 Å². The number of amides is 3. The van der Waals surface area contributed by atoms with Crippen LogP contribution < -0.4 is 4.90 Å². The van der Waals surface area contributed by atoms with E-state index in [0.717, 1.165) is 27.3 Å². The minimum atomic E-state index is -0.978. The third-order valence-corrected chi connectivity index (χ3v) is 7.23. The van der Waals surface area contributed by atoms with Crippen LogP contribution in [0.1, 0.15) is 29.2 Å². The molecule has 3 heterocycles. The number of nitrogens with zero attached hydrogens (tertiary/aromatic N) is 6. The van der Waals surface area contributed by atoms with Crippen LogP contribution in [0.3, 0.4) is 0 Å². The van der Waals surface area contributed by atoms with Gasteiger partial charge in [-0.15, -0.1) is 0 Å². The van der Waals surface area contributed by atoms with E-state index >= 15 is 0 Å². The van der Waals surface area contributed by atoms with E-state index in [1.807, 2.05) is 61.5 Å². The number of carbonyl (C=O) groups is 3. The molecule has 6 rings (SSSR count). The Bertz CT molecular complexity index is 1470. The van der Waals surface area contributed by atoms with Gasteiger partial charge in [0.2, 0.25) is 0 Å². The molecule has 3 amide bonds. The fourth-order valence-corrected chi connectivity index (χ4v) is 5.13. The number of hydrazone groups is 1. The molecule has 190 valence electrons. The third-order valence-electron chi connectivity index (χ3n) is 6.98. The van der Waals surface area contributed by atoms with Gasteiger partial charge in [0.1, 0.15) is 6.54 Å². The minimum absolute atomic E-state index is 0.244. The van der Waals surface area contributed by atoms with Gasteiger partial charge in [-0.2, -0.15) is 10.2 Å². The molecule has 3 aromatic rings. The number of benzene rings is 3. The van der Waals surface area contributed by atoms with Crippen molar-refractivity contribution in [3.05, 3.63) is 101 Å². The molecule has 3 aliphatic rings. The van der Waals surface area contributed by atoms with Gasteiger partial charge in [0.25, 0.3) is 17.7 Å². The average molecular weight is 527 g/mol. The SMILES string of the molecule is Cc1ccc(N2C(=O)[C@H]3N=NN(CC(=O)N4N=C(c5ccc(Cl)cc5)C[C@H]4c4ccccc4)[C@@H]3C2=O)cc1. The maximum atomic E-state index is 13.6. The first kappa shape index (κ1) is 24.0. The lowest BCUT2D eigenvalue weighted by molar-refractivity contribution is -0.135. The molecule has 3 atom stereocenters. The average Bonchev–Trinajstić information content (AvgIpc) is 3.61. The second-order valence-electron chi connectivity index (χ2n) is 9.46. The van der Waals surface area contributed by atoms with Crippen LogP contribution in [0.2, 0.25) is 5.02 Å². The van der Waals surface area contributed by atoms with E-state index in [9.17, 15) is 14.4 Å². The fourth-order valence-electron chi connectivity index (χ4n) is 5.01. The fraction of sp³-hybridized carbons (Fsp3) is 0.214. The van der Waals surface area contributed by atoms with Crippen LogP contribution in [0.15, 0.2) is 94.3 Å². The summed E-state index contributed by atoms with van der Waals surface area (Å²) < 4.78 is 0. The monoisotopic (exact) mass is 526 g/mol. The summed E-state index contributed by atoms with van der Waals surface area (Å²) in [6.45, 7) is 1.68. The van der Waals surface area contributed by atoms with E-state index in [0.29, 0.717) is 17.1 Å². The molecule has 3 aliphatic heterocycles. The lowest BCUT2D eigenvalue weighted by Gasteiger charge is -2.25. The van der Waals surface area contributed by atoms with Crippen molar-refractivity contribution in [3.63, 3.8) is 0 Å². The third kappa shape index (κ3) is 4.14. The smallest absolute Gasteiger partial charge is 0.264 e. The highest BCUT2D eigenvalue weighted by molar-refractivity contribution is 6.30. The van der Waals surface area contributed by atoms with E-state index in [4.69, 9.17) is 11.6 Å². The molecular formula is C28H23ClN6O3. The van der Waals surface area contributed by atoms with E-state index in [2.05, 4.69) is 15.4 Å². The van der Waals surface area contributed by atoms with Crippen molar-refractivity contribution in [2.45, 2.75) is 31.5 Å². The molecule has 38 heavy (non-hydrogen) atoms. The molecule has 0 bridgehead atoms. The molecule has 1 saturated heterocycles. The summed E-state index contributed by atoms with van der Waals surface area (Å²) >= 11 is 6.06. The van der Waals surface area contributed by atoms with E-state index in [-0.39, 0.29) is 18.5 Å². The van der Waals surface area contributed by atoms with Gasteiger partial charge in [-0.05, 0) is 42.3 Å². The highest BCUT2D eigenvalue weighted by Crippen LogP contribution is 2.35. The number of hydrogen-bond acceptors (Lipinski definition) is 7. The van der Waals surface area contributed by atoms with Crippen LogP contribution in [-0.2, 0) is 14.4 Å². The molecular weight excluding hydrogens is 504 g/mol. The van der Waals surface area contributed by atoms with Crippen molar-refractivity contribution in [3.8, 4) is 0 Å². The molecule has 10 heteroatoms. The summed E-state index contributed by atoms with van der Waals surface area (Å²) in [5.41, 5.74) is 4.05. The number of anilines is 1. The molecule has 0 unspecified atom stereocenters. The van der Waals surface area contributed by atoms with Crippen LogP contribution in [0, 0.1) is 6.92 Å². The summed E-state index contributed by atoms with van der Waals surface area (Å²) in [6, 6.07) is 21.8. The van der Waals surface area contributed by atoms with Crippen molar-refractivity contribution in [1.82, 2.24) is 10.0 Å². The van der Waals surface area contributed by atoms with Crippen molar-refractivity contribution < 1.29 is 14.4 Å². The van der Waals surface area contributed by atoms with Gasteiger partial charge in [0.05, 0.1) is 17.4 Å². The molecule has 0 radical (unpaired) electrons. The van der Waals surface area contributed by atoms with Gasteiger partial charge < -0.3 is 0 Å². The normalized spacial score (nSPS) is 22.3. The summed E-state index contributed by atoms with van der Waals surface area (Å²) in [6.07, 6.45) is 0.517. The molecule has 3 aromatic carbocycles. The summed E-state index contributed by atoms with van der Waals surface area (Å²) in [5, 5.41) is 16.1. The van der Waals surface area contributed by atoms with Crippen molar-refractivity contribution in [1.29, 1.82) is 0 Å². The van der Waals surface area contributed by atoms with E-state index in [1.165, 1.54) is 10.0 Å². The Morgan fingerprint density at radius 3 is 2.37 bits per heavy atom. The molecule has 0 N–H and O–H groups in total. The zero-order valence-electron chi connectivity index (χ0n) is 20.4. The highest BCUT2D eigenvalue weighted by Gasteiger charge is 2.55. The Balaban J connectivity index is 1.25. The predicted molar refractivity (Wildman–Crippen MR) is 141 cm³/mol. The zero-order valence-corrected chi connectivity index (χ0v) is 21.2. The summed E-state index contributed by atoms with van der Waals surface area (Å²) in [4.78, 5) is 41.1. The van der Waals surface area contributed by atoms with Crippen LogP contribution >= 0.6 is 11.6 Å². The van der Waals surface area contributed by atoms with Crippen LogP contribution in [-0.4, -0.2) is 52.1 Å². The maximum Gasteiger partial charge on any atom is 0.264 e. The number of hydrogen-bond donors (Lipinski definition) is 0. The number of halogens is 1. The standard InChI is InChI=1S/C28H23ClN6O3/c1-17-7-13-21(14-8-17)34-27(37)25-26(28(34)38)33(32-30-25)16-24(36)35-23(19-5-3-2-4-6-19)15-22(31-35)18-9-11-20(29)12-10-18/h2-14,23,25-26H,15-16H2,1H3/t23-,25-,26-/m0/s1. The Hall–Kier alpha value is -4.37. The van der Waals surface area contributed by atoms with Crippen LogP contribution in [0.25, 0.3) is 0 Å². The van der Waals surface area contributed by atoms with Crippen molar-refractivity contribution in [2.75, 3.05) is 11.4 Å². The Kier molecular flexibility index (Phi) is 6.00. The number of carbonyl (C=O) groups excluding carboxylic acids is 3. The first-order valence-corrected chi connectivity index (χ1v) is 12.6. The number of rotatable bonds is 5. The summed E-state index contributed by atoms with van der Waals surface area (Å²) in [7, 11) is 0. The molecule has 9 nitrogen and oxygen atoms in total. The van der Waals surface area contributed by atoms with Gasteiger partial charge >= 0.3 is 0 Å². The van der Waals surface area contributed by atoms with Gasteiger partial charge in [0.15, 0.2) is 12.1 Å². The van der Waals surface area contributed by atoms with Crippen LogP contribution in [0.5, 0.6) is 0 Å². The molecule has 0 spiro atoms.